The van der Waals surface area contributed by atoms with Gasteiger partial charge < -0.3 is 17.2 Å². The summed E-state index contributed by atoms with van der Waals surface area (Å²) >= 11 is 0. The normalized spacial score (nSPS) is 11.1. The molecule has 29 heavy (non-hydrogen) atoms. The number of hydrogen-bond acceptors (Lipinski definition) is 3. The molecule has 152 valence electrons. The molecule has 0 aliphatic heterocycles. The molecule has 0 aliphatic rings. The van der Waals surface area contributed by atoms with Gasteiger partial charge in [-0.15, -0.1) is 0 Å². The molecular formula is C26H33N3. The monoisotopic (exact) mass is 387 g/mol. The molecule has 0 saturated heterocycles. The molecule has 0 radical (unpaired) electrons. The van der Waals surface area contributed by atoms with Crippen LogP contribution in [0.2, 0.25) is 0 Å². The van der Waals surface area contributed by atoms with Gasteiger partial charge in [-0.2, -0.15) is 0 Å². The van der Waals surface area contributed by atoms with E-state index in [-0.39, 0.29) is 0 Å². The Morgan fingerprint density at radius 1 is 0.586 bits per heavy atom. The Hall–Kier alpha value is -2.46. The summed E-state index contributed by atoms with van der Waals surface area (Å²) in [6.07, 6.45) is 2.67. The lowest BCUT2D eigenvalue weighted by Crippen LogP contribution is -2.07. The summed E-state index contributed by atoms with van der Waals surface area (Å²) in [5.41, 5.74) is 28.9. The maximum absolute atomic E-state index is 5.88. The van der Waals surface area contributed by atoms with E-state index in [2.05, 4.69) is 68.4 Å². The Morgan fingerprint density at radius 2 is 1.21 bits per heavy atom. The van der Waals surface area contributed by atoms with Crippen molar-refractivity contribution in [1.29, 1.82) is 0 Å². The van der Waals surface area contributed by atoms with Crippen molar-refractivity contribution in [3.63, 3.8) is 0 Å². The highest BCUT2D eigenvalue weighted by Crippen LogP contribution is 2.34. The zero-order valence-corrected chi connectivity index (χ0v) is 17.7. The second-order valence-corrected chi connectivity index (χ2v) is 7.79. The van der Waals surface area contributed by atoms with Gasteiger partial charge in [-0.25, -0.2) is 0 Å². The zero-order valence-electron chi connectivity index (χ0n) is 17.7. The molecule has 0 saturated carbocycles. The molecule has 3 nitrogen and oxygen atoms in total. The van der Waals surface area contributed by atoms with Crippen LogP contribution in [0.3, 0.4) is 0 Å². The molecular weight excluding hydrogens is 354 g/mol. The van der Waals surface area contributed by atoms with Gasteiger partial charge in [0.2, 0.25) is 0 Å². The lowest BCUT2D eigenvalue weighted by molar-refractivity contribution is 0.950. The summed E-state index contributed by atoms with van der Waals surface area (Å²) in [5, 5.41) is 0. The predicted octanol–water partition coefficient (Wildman–Crippen LogP) is 4.14. The lowest BCUT2D eigenvalue weighted by Gasteiger charge is -2.17. The zero-order chi connectivity index (χ0) is 20.8. The first kappa shape index (κ1) is 21.3. The van der Waals surface area contributed by atoms with Crippen LogP contribution in [-0.4, -0.2) is 19.6 Å². The minimum absolute atomic E-state index is 0.646. The second-order valence-electron chi connectivity index (χ2n) is 7.79. The SMILES string of the molecule is Cc1cc(-c2cc(CCN)ccc2CCN)c(C)cc1-c1cccc(CCN)c1. The smallest absolute Gasteiger partial charge is 0.00365 e. The highest BCUT2D eigenvalue weighted by Gasteiger charge is 2.12. The van der Waals surface area contributed by atoms with Crippen LogP contribution in [0.1, 0.15) is 27.8 Å². The summed E-state index contributed by atoms with van der Waals surface area (Å²) in [4.78, 5) is 0. The topological polar surface area (TPSA) is 78.1 Å². The Labute approximate surface area is 174 Å². The maximum Gasteiger partial charge on any atom is -0.00365 e. The van der Waals surface area contributed by atoms with E-state index in [9.17, 15) is 0 Å². The van der Waals surface area contributed by atoms with Crippen molar-refractivity contribution in [3.05, 3.63) is 82.4 Å². The maximum atomic E-state index is 5.88. The summed E-state index contributed by atoms with van der Waals surface area (Å²) in [6, 6.07) is 20.0. The highest BCUT2D eigenvalue weighted by atomic mass is 14.5. The highest BCUT2D eigenvalue weighted by molar-refractivity contribution is 5.78. The first-order chi connectivity index (χ1) is 14.1. The minimum atomic E-state index is 0.646. The number of benzene rings is 3. The number of rotatable bonds is 8. The Morgan fingerprint density at radius 3 is 1.90 bits per heavy atom. The fourth-order valence-corrected chi connectivity index (χ4v) is 4.05. The molecule has 0 heterocycles. The van der Waals surface area contributed by atoms with E-state index in [1.807, 2.05) is 0 Å². The predicted molar refractivity (Wildman–Crippen MR) is 125 cm³/mol. The van der Waals surface area contributed by atoms with Gasteiger partial charge in [-0.1, -0.05) is 54.6 Å². The van der Waals surface area contributed by atoms with Crippen molar-refractivity contribution in [3.8, 4) is 22.3 Å². The van der Waals surface area contributed by atoms with Crippen molar-refractivity contribution in [2.24, 2.45) is 17.2 Å². The summed E-state index contributed by atoms with van der Waals surface area (Å²) in [5.74, 6) is 0. The fourth-order valence-electron chi connectivity index (χ4n) is 4.05. The van der Waals surface area contributed by atoms with E-state index in [1.54, 1.807) is 0 Å². The number of aryl methyl sites for hydroxylation is 2. The standard InChI is InChI=1S/C26H33N3/c1-18-15-25(26-17-21(9-12-28)6-7-22(26)10-13-29)19(2)14-24(18)23-5-3-4-20(16-23)8-11-27/h3-7,14-17H,8-13,27-29H2,1-2H3. The van der Waals surface area contributed by atoms with Gasteiger partial charge in [0.15, 0.2) is 0 Å². The van der Waals surface area contributed by atoms with Gasteiger partial charge in [-0.3, -0.25) is 0 Å². The van der Waals surface area contributed by atoms with Crippen molar-refractivity contribution >= 4 is 0 Å². The first-order valence-corrected chi connectivity index (χ1v) is 10.5. The molecule has 0 spiro atoms. The van der Waals surface area contributed by atoms with E-state index in [0.29, 0.717) is 19.6 Å². The van der Waals surface area contributed by atoms with Gasteiger partial charge in [0.25, 0.3) is 0 Å². The van der Waals surface area contributed by atoms with Gasteiger partial charge in [0.1, 0.15) is 0 Å². The van der Waals surface area contributed by atoms with Crippen LogP contribution < -0.4 is 17.2 Å². The lowest BCUT2D eigenvalue weighted by atomic mass is 9.88. The first-order valence-electron chi connectivity index (χ1n) is 10.5. The molecule has 0 aliphatic carbocycles. The van der Waals surface area contributed by atoms with Gasteiger partial charge >= 0.3 is 0 Å². The Balaban J connectivity index is 2.08. The van der Waals surface area contributed by atoms with Crippen molar-refractivity contribution in [1.82, 2.24) is 0 Å². The molecule has 3 aromatic carbocycles. The third-order valence-corrected chi connectivity index (χ3v) is 5.55. The minimum Gasteiger partial charge on any atom is -0.330 e. The van der Waals surface area contributed by atoms with Crippen LogP contribution in [0, 0.1) is 13.8 Å². The van der Waals surface area contributed by atoms with Crippen LogP contribution in [0.15, 0.2) is 54.6 Å². The molecule has 3 aromatic rings. The van der Waals surface area contributed by atoms with Crippen LogP contribution in [0.5, 0.6) is 0 Å². The average Bonchev–Trinajstić information content (AvgIpc) is 2.71. The van der Waals surface area contributed by atoms with Crippen molar-refractivity contribution < 1.29 is 0 Å². The number of hydrogen-bond donors (Lipinski definition) is 3. The summed E-state index contributed by atoms with van der Waals surface area (Å²) in [7, 11) is 0. The molecule has 3 heteroatoms. The molecule has 0 atom stereocenters. The average molecular weight is 388 g/mol. The molecule has 0 amide bonds. The van der Waals surface area contributed by atoms with E-state index >= 15 is 0 Å². The van der Waals surface area contributed by atoms with Gasteiger partial charge in [0, 0.05) is 0 Å². The summed E-state index contributed by atoms with van der Waals surface area (Å²) in [6.45, 7) is 6.37. The molecule has 6 N–H and O–H groups in total. The molecule has 0 bridgehead atoms. The van der Waals surface area contributed by atoms with Crippen LogP contribution in [-0.2, 0) is 19.3 Å². The van der Waals surface area contributed by atoms with E-state index in [4.69, 9.17) is 17.2 Å². The quantitative estimate of drug-likeness (QED) is 0.543. The molecule has 0 aromatic heterocycles. The number of nitrogens with two attached hydrogens (primary N) is 3. The second kappa shape index (κ2) is 9.84. The van der Waals surface area contributed by atoms with Crippen molar-refractivity contribution in [2.75, 3.05) is 19.6 Å². The largest absolute Gasteiger partial charge is 0.330 e. The third-order valence-electron chi connectivity index (χ3n) is 5.55. The van der Waals surface area contributed by atoms with Crippen LogP contribution >= 0.6 is 0 Å². The molecule has 3 rings (SSSR count). The summed E-state index contributed by atoms with van der Waals surface area (Å²) < 4.78 is 0. The van der Waals surface area contributed by atoms with Gasteiger partial charge in [-0.05, 0) is 103 Å². The Bertz CT molecular complexity index is 976. The van der Waals surface area contributed by atoms with Gasteiger partial charge in [0.05, 0.1) is 0 Å². The van der Waals surface area contributed by atoms with Crippen LogP contribution in [0.4, 0.5) is 0 Å². The van der Waals surface area contributed by atoms with E-state index in [1.165, 1.54) is 50.1 Å². The van der Waals surface area contributed by atoms with E-state index < -0.39 is 0 Å². The van der Waals surface area contributed by atoms with Crippen molar-refractivity contribution in [2.45, 2.75) is 33.1 Å². The van der Waals surface area contributed by atoms with E-state index in [0.717, 1.165) is 19.3 Å². The Kier molecular flexibility index (Phi) is 7.21. The fraction of sp³-hybridized carbons (Fsp3) is 0.308. The third kappa shape index (κ3) is 4.94. The van der Waals surface area contributed by atoms with Crippen LogP contribution in [0.25, 0.3) is 22.3 Å². The molecule has 0 fully saturated rings. The molecule has 0 unspecified atom stereocenters.